The van der Waals surface area contributed by atoms with Crippen LogP contribution in [0.2, 0.25) is 5.02 Å². The third kappa shape index (κ3) is 5.08. The average molecular weight is 492 g/mol. The van der Waals surface area contributed by atoms with Crippen molar-refractivity contribution in [1.29, 1.82) is 0 Å². The fourth-order valence-electron chi connectivity index (χ4n) is 5.56. The summed E-state index contributed by atoms with van der Waals surface area (Å²) in [5, 5.41) is 0.777. The molecule has 1 atom stereocenters. The number of benzene rings is 3. The molecule has 1 heterocycles. The van der Waals surface area contributed by atoms with Crippen LogP contribution >= 0.6 is 11.6 Å². The molecule has 0 N–H and O–H groups in total. The van der Waals surface area contributed by atoms with Gasteiger partial charge in [0.15, 0.2) is 0 Å². The highest BCUT2D eigenvalue weighted by molar-refractivity contribution is 6.32. The predicted octanol–water partition coefficient (Wildman–Crippen LogP) is 8.25. The number of alkyl halides is 2. The van der Waals surface area contributed by atoms with Gasteiger partial charge in [-0.2, -0.15) is 0 Å². The molecule has 0 spiro atoms. The normalized spacial score (nSPS) is 17.6. The molecular formula is C31H32ClF2N. The number of likely N-dealkylation sites (tertiary alicyclic amines) is 1. The van der Waals surface area contributed by atoms with Gasteiger partial charge < -0.3 is 4.90 Å². The zero-order chi connectivity index (χ0) is 24.4. The fraction of sp³-hybridized carbons (Fsp3) is 0.355. The number of rotatable bonds is 7. The number of halogens is 3. The molecule has 1 aliphatic carbocycles. The van der Waals surface area contributed by atoms with Crippen LogP contribution in [-0.4, -0.2) is 31.2 Å². The van der Waals surface area contributed by atoms with E-state index in [1.807, 2.05) is 18.2 Å². The lowest BCUT2D eigenvalue weighted by atomic mass is 9.86. The van der Waals surface area contributed by atoms with Crippen LogP contribution in [0.5, 0.6) is 0 Å². The Kier molecular flexibility index (Phi) is 7.36. The smallest absolute Gasteiger partial charge is 0.130 e. The second kappa shape index (κ2) is 10.6. The van der Waals surface area contributed by atoms with Gasteiger partial charge in [0.1, 0.15) is 6.17 Å². The van der Waals surface area contributed by atoms with Gasteiger partial charge in [-0.05, 0) is 83.2 Å². The molecule has 1 fully saturated rings. The summed E-state index contributed by atoms with van der Waals surface area (Å²) in [6.07, 6.45) is 2.56. The highest BCUT2D eigenvalue weighted by Crippen LogP contribution is 2.42. The molecule has 5 rings (SSSR count). The standard InChI is InChI=1S/C31H32ClF2N/c1-21-10-15-27(29(32)18-21)28-9-4-7-22-6-2-3-8-26(22)30(28)23-11-13-24(14-12-23)31(34)25-19-35(20-25)17-5-16-33/h2-3,6,8,10-15,18,25,31H,4-5,7,9,16-17,19-20H2,1H3. The first-order chi connectivity index (χ1) is 17.0. The van der Waals surface area contributed by atoms with Gasteiger partial charge in [0.2, 0.25) is 0 Å². The van der Waals surface area contributed by atoms with E-state index in [1.165, 1.54) is 22.3 Å². The van der Waals surface area contributed by atoms with Crippen molar-refractivity contribution in [2.75, 3.05) is 26.3 Å². The van der Waals surface area contributed by atoms with Crippen LogP contribution < -0.4 is 0 Å². The van der Waals surface area contributed by atoms with Crippen molar-refractivity contribution in [3.63, 3.8) is 0 Å². The molecule has 2 aliphatic rings. The van der Waals surface area contributed by atoms with Gasteiger partial charge in [-0.15, -0.1) is 0 Å². The summed E-state index contributed by atoms with van der Waals surface area (Å²) in [5.41, 5.74) is 9.09. The SMILES string of the molecule is Cc1ccc(C2=C(c3ccc(C(F)C4CN(CCCF)C4)cc3)c3ccccc3CCC2)c(Cl)c1. The van der Waals surface area contributed by atoms with Crippen LogP contribution in [0.3, 0.4) is 0 Å². The molecule has 1 saturated heterocycles. The quantitative estimate of drug-likeness (QED) is 0.321. The Labute approximate surface area is 212 Å². The van der Waals surface area contributed by atoms with Gasteiger partial charge >= 0.3 is 0 Å². The third-order valence-electron chi connectivity index (χ3n) is 7.44. The van der Waals surface area contributed by atoms with E-state index in [0.717, 1.165) is 53.1 Å². The van der Waals surface area contributed by atoms with Crippen molar-refractivity contribution in [3.05, 3.63) is 105 Å². The molecule has 0 aromatic heterocycles. The molecule has 35 heavy (non-hydrogen) atoms. The van der Waals surface area contributed by atoms with Crippen LogP contribution in [0, 0.1) is 12.8 Å². The van der Waals surface area contributed by atoms with Crippen molar-refractivity contribution in [2.24, 2.45) is 5.92 Å². The Balaban J connectivity index is 1.49. The lowest BCUT2D eigenvalue weighted by Gasteiger charge is -2.41. The van der Waals surface area contributed by atoms with Crippen LogP contribution in [0.1, 0.15) is 58.8 Å². The largest absolute Gasteiger partial charge is 0.302 e. The first-order valence-electron chi connectivity index (χ1n) is 12.7. The molecule has 4 heteroatoms. The van der Waals surface area contributed by atoms with Gasteiger partial charge in [-0.25, -0.2) is 4.39 Å². The van der Waals surface area contributed by atoms with Crippen molar-refractivity contribution < 1.29 is 8.78 Å². The van der Waals surface area contributed by atoms with E-state index < -0.39 is 6.17 Å². The number of allylic oxidation sites excluding steroid dienone is 1. The van der Waals surface area contributed by atoms with Gasteiger partial charge in [0.25, 0.3) is 0 Å². The molecule has 0 bridgehead atoms. The van der Waals surface area contributed by atoms with E-state index in [1.54, 1.807) is 0 Å². The third-order valence-corrected chi connectivity index (χ3v) is 7.75. The lowest BCUT2D eigenvalue weighted by Crippen LogP contribution is -2.48. The summed E-state index contributed by atoms with van der Waals surface area (Å²) >= 11 is 6.75. The maximum atomic E-state index is 15.3. The second-order valence-corrected chi connectivity index (χ2v) is 10.3. The molecule has 0 radical (unpaired) electrons. The van der Waals surface area contributed by atoms with Crippen LogP contribution in [0.15, 0.2) is 66.7 Å². The van der Waals surface area contributed by atoms with E-state index >= 15 is 4.39 Å². The van der Waals surface area contributed by atoms with E-state index in [4.69, 9.17) is 11.6 Å². The summed E-state index contributed by atoms with van der Waals surface area (Å²) in [6.45, 7) is 3.88. The van der Waals surface area contributed by atoms with Crippen molar-refractivity contribution in [2.45, 2.75) is 38.8 Å². The minimum absolute atomic E-state index is 0.0137. The first-order valence-corrected chi connectivity index (χ1v) is 13.0. The maximum Gasteiger partial charge on any atom is 0.130 e. The highest BCUT2D eigenvalue weighted by atomic mass is 35.5. The van der Waals surface area contributed by atoms with Gasteiger partial charge in [0, 0.05) is 30.6 Å². The summed E-state index contributed by atoms with van der Waals surface area (Å²) in [6, 6.07) is 22.9. The molecule has 3 aromatic carbocycles. The van der Waals surface area contributed by atoms with Crippen molar-refractivity contribution in [3.8, 4) is 0 Å². The van der Waals surface area contributed by atoms with Crippen LogP contribution in [-0.2, 0) is 6.42 Å². The van der Waals surface area contributed by atoms with Gasteiger partial charge in [0.05, 0.1) is 6.67 Å². The fourth-order valence-corrected chi connectivity index (χ4v) is 5.91. The summed E-state index contributed by atoms with van der Waals surface area (Å²) in [5.74, 6) is -0.0137. The Morgan fingerprint density at radius 3 is 2.49 bits per heavy atom. The summed E-state index contributed by atoms with van der Waals surface area (Å²) < 4.78 is 27.7. The lowest BCUT2D eigenvalue weighted by molar-refractivity contribution is 0.0364. The number of nitrogens with zero attached hydrogens (tertiary/aromatic N) is 1. The molecule has 0 amide bonds. The second-order valence-electron chi connectivity index (χ2n) is 9.93. The molecule has 1 nitrogen and oxygen atoms in total. The van der Waals surface area contributed by atoms with Crippen LogP contribution in [0.25, 0.3) is 11.1 Å². The number of aryl methyl sites for hydroxylation is 2. The topological polar surface area (TPSA) is 3.24 Å². The Morgan fingerprint density at radius 2 is 1.74 bits per heavy atom. The van der Waals surface area contributed by atoms with Crippen molar-refractivity contribution >= 4 is 22.7 Å². The number of hydrogen-bond donors (Lipinski definition) is 0. The van der Waals surface area contributed by atoms with Crippen molar-refractivity contribution in [1.82, 2.24) is 4.90 Å². The first kappa shape index (κ1) is 24.2. The molecule has 1 unspecified atom stereocenters. The van der Waals surface area contributed by atoms with E-state index in [-0.39, 0.29) is 12.6 Å². The Morgan fingerprint density at radius 1 is 0.971 bits per heavy atom. The van der Waals surface area contributed by atoms with Gasteiger partial charge in [-0.3, -0.25) is 4.39 Å². The Hall–Kier alpha value is -2.49. The van der Waals surface area contributed by atoms with Crippen LogP contribution in [0.4, 0.5) is 8.78 Å². The predicted molar refractivity (Wildman–Crippen MR) is 142 cm³/mol. The van der Waals surface area contributed by atoms with E-state index in [9.17, 15) is 4.39 Å². The molecular weight excluding hydrogens is 460 g/mol. The van der Waals surface area contributed by atoms with E-state index in [0.29, 0.717) is 19.5 Å². The molecule has 0 saturated carbocycles. The highest BCUT2D eigenvalue weighted by Gasteiger charge is 2.34. The number of fused-ring (bicyclic) bond motifs is 1. The minimum Gasteiger partial charge on any atom is -0.302 e. The maximum absolute atomic E-state index is 15.3. The average Bonchev–Trinajstić information content (AvgIpc) is 3.03. The number of hydrogen-bond acceptors (Lipinski definition) is 1. The molecule has 3 aromatic rings. The molecule has 182 valence electrons. The minimum atomic E-state index is -0.993. The Bertz CT molecular complexity index is 1210. The zero-order valence-electron chi connectivity index (χ0n) is 20.2. The van der Waals surface area contributed by atoms with E-state index in [2.05, 4.69) is 60.4 Å². The molecule has 1 aliphatic heterocycles. The summed E-state index contributed by atoms with van der Waals surface area (Å²) in [7, 11) is 0. The zero-order valence-corrected chi connectivity index (χ0v) is 21.0. The van der Waals surface area contributed by atoms with Gasteiger partial charge in [-0.1, -0.05) is 72.3 Å². The monoisotopic (exact) mass is 491 g/mol. The summed E-state index contributed by atoms with van der Waals surface area (Å²) in [4.78, 5) is 2.13.